The monoisotopic (exact) mass is 526 g/mol. The van der Waals surface area contributed by atoms with Gasteiger partial charge in [0.2, 0.25) is 5.90 Å². The van der Waals surface area contributed by atoms with Crippen LogP contribution in [-0.2, 0) is 9.53 Å². The molecule has 1 heterocycles. The molecular weight excluding hydrogens is 511 g/mol. The highest BCUT2D eigenvalue weighted by molar-refractivity contribution is 6.33. The van der Waals surface area contributed by atoms with Crippen LogP contribution in [0.2, 0.25) is 10.0 Å². The van der Waals surface area contributed by atoms with Crippen molar-refractivity contribution < 1.29 is 28.7 Å². The minimum absolute atomic E-state index is 0.0134. The molecule has 0 amide bonds. The van der Waals surface area contributed by atoms with Crippen molar-refractivity contribution in [2.75, 3.05) is 7.11 Å². The summed E-state index contributed by atoms with van der Waals surface area (Å²) in [5.41, 5.74) is 1.42. The lowest BCUT2D eigenvalue weighted by atomic mass is 10.1. The predicted octanol–water partition coefficient (Wildman–Crippen LogP) is 5.78. The van der Waals surface area contributed by atoms with Gasteiger partial charge in [-0.1, -0.05) is 40.9 Å². The zero-order chi connectivity index (χ0) is 26.0. The molecule has 0 fully saturated rings. The average molecular weight is 527 g/mol. The quantitative estimate of drug-likeness (QED) is 0.131. The number of nitro groups is 1. The maximum atomic E-state index is 12.6. The Morgan fingerprint density at radius 3 is 2.58 bits per heavy atom. The van der Waals surface area contributed by atoms with Crippen LogP contribution in [0, 0.1) is 17.0 Å². The third-order valence-corrected chi connectivity index (χ3v) is 5.61. The number of methoxy groups -OCH3 is 1. The number of nitro benzene ring substituents is 1. The molecule has 3 aromatic carbocycles. The maximum Gasteiger partial charge on any atom is 0.363 e. The van der Waals surface area contributed by atoms with E-state index in [1.807, 2.05) is 13.0 Å². The number of cyclic esters (lactones) is 1. The average Bonchev–Trinajstić information content (AvgIpc) is 3.20. The van der Waals surface area contributed by atoms with Gasteiger partial charge in [-0.05, 0) is 55.0 Å². The first-order valence-electron chi connectivity index (χ1n) is 10.3. The zero-order valence-electron chi connectivity index (χ0n) is 18.8. The molecular formula is C25H16Cl2N2O7. The fraction of sp³-hybridized carbons (Fsp3) is 0.0800. The number of carbonyl (C=O) groups is 2. The van der Waals surface area contributed by atoms with Crippen molar-refractivity contribution in [1.82, 2.24) is 0 Å². The summed E-state index contributed by atoms with van der Waals surface area (Å²) < 4.78 is 16.0. The van der Waals surface area contributed by atoms with Crippen LogP contribution in [0.3, 0.4) is 0 Å². The highest BCUT2D eigenvalue weighted by Gasteiger charge is 2.27. The number of hydrogen-bond acceptors (Lipinski definition) is 8. The van der Waals surface area contributed by atoms with Crippen LogP contribution in [0.25, 0.3) is 6.08 Å². The molecule has 0 aliphatic carbocycles. The maximum absolute atomic E-state index is 12.6. The van der Waals surface area contributed by atoms with Crippen LogP contribution in [0.4, 0.5) is 5.69 Å². The van der Waals surface area contributed by atoms with E-state index in [1.54, 1.807) is 18.2 Å². The molecule has 0 bridgehead atoms. The number of ether oxygens (including phenoxy) is 3. The van der Waals surface area contributed by atoms with E-state index in [-0.39, 0.29) is 44.4 Å². The molecule has 11 heteroatoms. The van der Waals surface area contributed by atoms with Gasteiger partial charge < -0.3 is 14.2 Å². The van der Waals surface area contributed by atoms with Crippen molar-refractivity contribution in [1.29, 1.82) is 0 Å². The summed E-state index contributed by atoms with van der Waals surface area (Å²) in [4.78, 5) is 39.6. The number of carbonyl (C=O) groups excluding carboxylic acids is 2. The van der Waals surface area contributed by atoms with Crippen LogP contribution in [0.1, 0.15) is 27.0 Å². The molecule has 9 nitrogen and oxygen atoms in total. The van der Waals surface area contributed by atoms with Crippen LogP contribution >= 0.6 is 23.2 Å². The van der Waals surface area contributed by atoms with E-state index in [0.717, 1.165) is 11.6 Å². The lowest BCUT2D eigenvalue weighted by Gasteiger charge is -2.12. The Labute approximate surface area is 214 Å². The van der Waals surface area contributed by atoms with Gasteiger partial charge in [0.05, 0.1) is 22.6 Å². The largest absolute Gasteiger partial charge is 0.493 e. The standard InChI is InChI=1S/C25H16Cl2N2O7/c1-13-4-3-5-16(8-13)24(30)35-22-18(27)9-14(11-21(22)34-2)10-19-25(31)36-23(28-19)15-6-7-17(26)20(12-15)29(32)33/h3-12H,1-2H3/b19-10-. The van der Waals surface area contributed by atoms with Crippen LogP contribution < -0.4 is 9.47 Å². The second-order valence-electron chi connectivity index (χ2n) is 7.55. The first kappa shape index (κ1) is 24.9. The van der Waals surface area contributed by atoms with E-state index in [1.165, 1.54) is 37.5 Å². The van der Waals surface area contributed by atoms with Crippen molar-refractivity contribution >= 4 is 52.8 Å². The number of rotatable bonds is 6. The van der Waals surface area contributed by atoms with Crippen LogP contribution in [0.5, 0.6) is 11.5 Å². The van der Waals surface area contributed by atoms with Gasteiger partial charge in [-0.25, -0.2) is 14.6 Å². The summed E-state index contributed by atoms with van der Waals surface area (Å²) in [7, 11) is 1.38. The third-order valence-electron chi connectivity index (χ3n) is 5.01. The van der Waals surface area contributed by atoms with E-state index in [2.05, 4.69) is 4.99 Å². The summed E-state index contributed by atoms with van der Waals surface area (Å²) in [5, 5.41) is 11.1. The van der Waals surface area contributed by atoms with Crippen molar-refractivity contribution in [3.05, 3.63) is 103 Å². The molecule has 3 aromatic rings. The lowest BCUT2D eigenvalue weighted by Crippen LogP contribution is -2.10. The van der Waals surface area contributed by atoms with E-state index < -0.39 is 16.9 Å². The first-order chi connectivity index (χ1) is 17.2. The van der Waals surface area contributed by atoms with Gasteiger partial charge in [0, 0.05) is 11.6 Å². The Hall–Kier alpha value is -4.21. The molecule has 0 unspecified atom stereocenters. The Balaban J connectivity index is 1.64. The molecule has 0 aromatic heterocycles. The van der Waals surface area contributed by atoms with Crippen molar-refractivity contribution in [3.63, 3.8) is 0 Å². The summed E-state index contributed by atoms with van der Waals surface area (Å²) in [6.07, 6.45) is 1.39. The normalized spacial score (nSPS) is 13.8. The Morgan fingerprint density at radius 2 is 1.89 bits per heavy atom. The summed E-state index contributed by atoms with van der Waals surface area (Å²) in [6, 6.07) is 13.8. The van der Waals surface area contributed by atoms with Gasteiger partial charge in [0.1, 0.15) is 5.02 Å². The number of benzene rings is 3. The molecule has 0 atom stereocenters. The van der Waals surface area contributed by atoms with Crippen molar-refractivity contribution in [2.45, 2.75) is 6.92 Å². The zero-order valence-corrected chi connectivity index (χ0v) is 20.3. The Bertz CT molecular complexity index is 1480. The van der Waals surface area contributed by atoms with Gasteiger partial charge in [0.25, 0.3) is 5.69 Å². The van der Waals surface area contributed by atoms with Crippen LogP contribution in [0.15, 0.2) is 65.3 Å². The van der Waals surface area contributed by atoms with E-state index in [0.29, 0.717) is 11.1 Å². The molecule has 0 saturated carbocycles. The molecule has 0 radical (unpaired) electrons. The SMILES string of the molecule is COc1cc(/C=C2\N=C(c3ccc(Cl)c([N+](=O)[O-])c3)OC2=O)cc(Cl)c1OC(=O)c1cccc(C)c1. The van der Waals surface area contributed by atoms with Gasteiger partial charge in [-0.3, -0.25) is 10.1 Å². The highest BCUT2D eigenvalue weighted by Crippen LogP contribution is 2.38. The molecule has 1 aliphatic rings. The Kier molecular flexibility index (Phi) is 7.05. The Morgan fingerprint density at radius 1 is 1.11 bits per heavy atom. The molecule has 1 aliphatic heterocycles. The number of esters is 2. The van der Waals surface area contributed by atoms with E-state index in [4.69, 9.17) is 37.4 Å². The minimum Gasteiger partial charge on any atom is -0.493 e. The van der Waals surface area contributed by atoms with Crippen molar-refractivity contribution in [3.8, 4) is 11.5 Å². The minimum atomic E-state index is -0.771. The molecule has 36 heavy (non-hydrogen) atoms. The van der Waals surface area contributed by atoms with Gasteiger partial charge in [-0.15, -0.1) is 0 Å². The van der Waals surface area contributed by atoms with Gasteiger partial charge in [-0.2, -0.15) is 0 Å². The second kappa shape index (κ2) is 10.2. The van der Waals surface area contributed by atoms with Gasteiger partial charge >= 0.3 is 11.9 Å². The number of hydrogen-bond donors (Lipinski definition) is 0. The van der Waals surface area contributed by atoms with Crippen LogP contribution in [-0.4, -0.2) is 29.9 Å². The predicted molar refractivity (Wildman–Crippen MR) is 133 cm³/mol. The molecule has 182 valence electrons. The summed E-state index contributed by atoms with van der Waals surface area (Å²) >= 11 is 12.2. The van der Waals surface area contributed by atoms with Crippen molar-refractivity contribution in [2.24, 2.45) is 4.99 Å². The number of aryl methyl sites for hydroxylation is 1. The summed E-state index contributed by atoms with van der Waals surface area (Å²) in [5.74, 6) is -1.34. The lowest BCUT2D eigenvalue weighted by molar-refractivity contribution is -0.384. The van der Waals surface area contributed by atoms with E-state index in [9.17, 15) is 19.7 Å². The molecule has 0 N–H and O–H groups in total. The van der Waals surface area contributed by atoms with Gasteiger partial charge in [0.15, 0.2) is 17.2 Å². The summed E-state index contributed by atoms with van der Waals surface area (Å²) in [6.45, 7) is 1.85. The highest BCUT2D eigenvalue weighted by atomic mass is 35.5. The topological polar surface area (TPSA) is 117 Å². The second-order valence-corrected chi connectivity index (χ2v) is 8.37. The fourth-order valence-electron chi connectivity index (χ4n) is 3.32. The molecule has 0 spiro atoms. The number of halogens is 2. The third kappa shape index (κ3) is 5.22. The smallest absolute Gasteiger partial charge is 0.363 e. The molecule has 4 rings (SSSR count). The number of nitrogens with zero attached hydrogens (tertiary/aromatic N) is 2. The fourth-order valence-corrected chi connectivity index (χ4v) is 3.77. The molecule has 0 saturated heterocycles. The number of aliphatic imine (C=N–C) groups is 1. The first-order valence-corrected chi connectivity index (χ1v) is 11.0. The van der Waals surface area contributed by atoms with E-state index >= 15 is 0 Å².